The van der Waals surface area contributed by atoms with Crippen LogP contribution in [0.2, 0.25) is 0 Å². The standard InChI is InChI=1S/C23H31NO5S/c1-4-5-6-7-19-8-12-21(13-9-19)23(25)24(16-17-28-2)18-20-10-14-22(15-11-20)29-30(3,26)27/h8-15H,4-7,16-18H2,1-3H3. The van der Waals surface area contributed by atoms with Crippen LogP contribution >= 0.6 is 0 Å². The molecule has 0 unspecified atom stereocenters. The number of rotatable bonds is 12. The van der Waals surface area contributed by atoms with Crippen molar-refractivity contribution >= 4 is 16.0 Å². The van der Waals surface area contributed by atoms with Gasteiger partial charge in [0.2, 0.25) is 0 Å². The third-order valence-electron chi connectivity index (χ3n) is 4.67. The Bertz CT molecular complexity index is 892. The Morgan fingerprint density at radius 1 is 0.967 bits per heavy atom. The topological polar surface area (TPSA) is 72.9 Å². The van der Waals surface area contributed by atoms with Gasteiger partial charge < -0.3 is 13.8 Å². The van der Waals surface area contributed by atoms with Crippen LogP contribution in [0.3, 0.4) is 0 Å². The number of amides is 1. The average Bonchev–Trinajstić information content (AvgIpc) is 2.71. The summed E-state index contributed by atoms with van der Waals surface area (Å²) >= 11 is 0. The van der Waals surface area contributed by atoms with Crippen molar-refractivity contribution in [3.63, 3.8) is 0 Å². The molecule has 0 fully saturated rings. The fraction of sp³-hybridized carbons (Fsp3) is 0.435. The molecule has 0 aliphatic carbocycles. The first-order valence-electron chi connectivity index (χ1n) is 10.2. The molecule has 7 heteroatoms. The Morgan fingerprint density at radius 2 is 1.60 bits per heavy atom. The molecule has 2 aromatic carbocycles. The van der Waals surface area contributed by atoms with Gasteiger partial charge in [0.15, 0.2) is 0 Å². The van der Waals surface area contributed by atoms with Gasteiger partial charge in [0.1, 0.15) is 5.75 Å². The zero-order chi connectivity index (χ0) is 22.0. The molecular formula is C23H31NO5S. The van der Waals surface area contributed by atoms with E-state index >= 15 is 0 Å². The van der Waals surface area contributed by atoms with Crippen LogP contribution in [0.4, 0.5) is 0 Å². The van der Waals surface area contributed by atoms with Gasteiger partial charge in [-0.15, -0.1) is 0 Å². The van der Waals surface area contributed by atoms with Crippen LogP contribution in [0.15, 0.2) is 48.5 Å². The van der Waals surface area contributed by atoms with Gasteiger partial charge in [0.05, 0.1) is 12.9 Å². The molecule has 0 bridgehead atoms. The van der Waals surface area contributed by atoms with Gasteiger partial charge in [0, 0.05) is 25.8 Å². The first-order chi connectivity index (χ1) is 14.3. The molecule has 164 valence electrons. The van der Waals surface area contributed by atoms with Gasteiger partial charge >= 0.3 is 10.1 Å². The first kappa shape index (κ1) is 23.9. The molecule has 0 saturated heterocycles. The molecule has 0 aliphatic heterocycles. The highest BCUT2D eigenvalue weighted by molar-refractivity contribution is 7.86. The fourth-order valence-corrected chi connectivity index (χ4v) is 3.54. The van der Waals surface area contributed by atoms with E-state index in [1.165, 1.54) is 18.4 Å². The van der Waals surface area contributed by atoms with E-state index in [1.807, 2.05) is 24.3 Å². The monoisotopic (exact) mass is 433 g/mol. The second kappa shape index (κ2) is 11.7. The van der Waals surface area contributed by atoms with Crippen molar-refractivity contribution in [1.82, 2.24) is 4.90 Å². The second-order valence-electron chi connectivity index (χ2n) is 7.30. The summed E-state index contributed by atoms with van der Waals surface area (Å²) in [6.07, 6.45) is 5.58. The van der Waals surface area contributed by atoms with Gasteiger partial charge in [-0.05, 0) is 48.2 Å². The van der Waals surface area contributed by atoms with Crippen LogP contribution in [0, 0.1) is 0 Å². The Morgan fingerprint density at radius 3 is 2.17 bits per heavy atom. The van der Waals surface area contributed by atoms with E-state index in [0.29, 0.717) is 25.3 Å². The van der Waals surface area contributed by atoms with Crippen molar-refractivity contribution in [1.29, 1.82) is 0 Å². The number of nitrogens with zero attached hydrogens (tertiary/aromatic N) is 1. The number of hydrogen-bond donors (Lipinski definition) is 0. The first-order valence-corrected chi connectivity index (χ1v) is 12.0. The van der Waals surface area contributed by atoms with E-state index in [2.05, 4.69) is 6.92 Å². The highest BCUT2D eigenvalue weighted by atomic mass is 32.2. The molecule has 0 atom stereocenters. The van der Waals surface area contributed by atoms with Gasteiger partial charge in [-0.25, -0.2) is 0 Å². The average molecular weight is 434 g/mol. The molecule has 0 saturated carbocycles. The Balaban J connectivity index is 2.07. The lowest BCUT2D eigenvalue weighted by molar-refractivity contribution is 0.0680. The minimum absolute atomic E-state index is 0.0661. The Labute approximate surface area is 179 Å². The summed E-state index contributed by atoms with van der Waals surface area (Å²) in [4.78, 5) is 14.8. The van der Waals surface area contributed by atoms with E-state index in [-0.39, 0.29) is 11.7 Å². The molecule has 1 amide bonds. The number of benzene rings is 2. The number of hydrogen-bond acceptors (Lipinski definition) is 5. The molecule has 0 aromatic heterocycles. The predicted octanol–water partition coefficient (Wildman–Crippen LogP) is 4.05. The Kier molecular flexibility index (Phi) is 9.33. The summed E-state index contributed by atoms with van der Waals surface area (Å²) in [5.41, 5.74) is 2.75. The van der Waals surface area contributed by atoms with Crippen LogP contribution in [-0.4, -0.2) is 45.7 Å². The third kappa shape index (κ3) is 8.16. The molecular weight excluding hydrogens is 402 g/mol. The largest absolute Gasteiger partial charge is 0.383 e. The van der Waals surface area contributed by atoms with Crippen molar-refractivity contribution in [3.05, 3.63) is 65.2 Å². The van der Waals surface area contributed by atoms with E-state index in [9.17, 15) is 13.2 Å². The summed E-state index contributed by atoms with van der Waals surface area (Å²) in [7, 11) is -1.96. The smallest absolute Gasteiger partial charge is 0.306 e. The maximum Gasteiger partial charge on any atom is 0.306 e. The molecule has 0 spiro atoms. The molecule has 2 rings (SSSR count). The van der Waals surface area contributed by atoms with Crippen LogP contribution in [0.25, 0.3) is 0 Å². The second-order valence-corrected chi connectivity index (χ2v) is 8.88. The number of ether oxygens (including phenoxy) is 1. The maximum absolute atomic E-state index is 13.0. The SMILES string of the molecule is CCCCCc1ccc(C(=O)N(CCOC)Cc2ccc(OS(C)(=O)=O)cc2)cc1. The number of carbonyl (C=O) groups is 1. The van der Waals surface area contributed by atoms with Crippen LogP contribution in [0.5, 0.6) is 5.75 Å². The molecule has 30 heavy (non-hydrogen) atoms. The predicted molar refractivity (Wildman–Crippen MR) is 118 cm³/mol. The van der Waals surface area contributed by atoms with E-state index in [0.717, 1.165) is 24.7 Å². The molecule has 0 aliphatic rings. The van der Waals surface area contributed by atoms with Crippen molar-refractivity contribution in [2.24, 2.45) is 0 Å². The minimum Gasteiger partial charge on any atom is -0.383 e. The summed E-state index contributed by atoms with van der Waals surface area (Å²) in [6.45, 7) is 3.45. The summed E-state index contributed by atoms with van der Waals surface area (Å²) in [5.74, 6) is 0.179. The number of aryl methyl sites for hydroxylation is 1. The Hall–Kier alpha value is -2.38. The summed E-state index contributed by atoms with van der Waals surface area (Å²) in [5, 5.41) is 0. The lowest BCUT2D eigenvalue weighted by atomic mass is 10.0. The van der Waals surface area contributed by atoms with Crippen LogP contribution in [0.1, 0.15) is 47.7 Å². The third-order valence-corrected chi connectivity index (χ3v) is 5.16. The molecule has 6 nitrogen and oxygen atoms in total. The molecule has 0 heterocycles. The fourth-order valence-electron chi connectivity index (χ4n) is 3.08. The van der Waals surface area contributed by atoms with Crippen LogP contribution < -0.4 is 4.18 Å². The highest BCUT2D eigenvalue weighted by Crippen LogP contribution is 2.17. The van der Waals surface area contributed by atoms with Gasteiger partial charge in [0.25, 0.3) is 5.91 Å². The van der Waals surface area contributed by atoms with Crippen molar-refractivity contribution < 1.29 is 22.1 Å². The van der Waals surface area contributed by atoms with Crippen molar-refractivity contribution in [2.45, 2.75) is 39.2 Å². The van der Waals surface area contributed by atoms with Crippen LogP contribution in [-0.2, 0) is 27.8 Å². The maximum atomic E-state index is 13.0. The molecule has 0 N–H and O–H groups in total. The zero-order valence-corrected chi connectivity index (χ0v) is 18.8. The highest BCUT2D eigenvalue weighted by Gasteiger charge is 2.16. The van der Waals surface area contributed by atoms with Gasteiger partial charge in [-0.1, -0.05) is 44.0 Å². The zero-order valence-electron chi connectivity index (χ0n) is 18.0. The minimum atomic E-state index is -3.57. The number of carbonyl (C=O) groups excluding carboxylic acids is 1. The quantitative estimate of drug-likeness (QED) is 0.373. The molecule has 2 aromatic rings. The lowest BCUT2D eigenvalue weighted by Gasteiger charge is -2.23. The van der Waals surface area contributed by atoms with E-state index in [1.54, 1.807) is 36.3 Å². The lowest BCUT2D eigenvalue weighted by Crippen LogP contribution is -2.33. The van der Waals surface area contributed by atoms with Crippen molar-refractivity contribution in [2.75, 3.05) is 26.5 Å². The van der Waals surface area contributed by atoms with Gasteiger partial charge in [-0.3, -0.25) is 4.79 Å². The molecule has 0 radical (unpaired) electrons. The van der Waals surface area contributed by atoms with E-state index < -0.39 is 10.1 Å². The summed E-state index contributed by atoms with van der Waals surface area (Å²) in [6, 6.07) is 14.5. The number of methoxy groups -OCH3 is 1. The number of unbranched alkanes of at least 4 members (excludes halogenated alkanes) is 2. The van der Waals surface area contributed by atoms with Crippen molar-refractivity contribution in [3.8, 4) is 5.75 Å². The van der Waals surface area contributed by atoms with Gasteiger partial charge in [-0.2, -0.15) is 8.42 Å². The van der Waals surface area contributed by atoms with E-state index in [4.69, 9.17) is 8.92 Å². The summed E-state index contributed by atoms with van der Waals surface area (Å²) < 4.78 is 32.5. The normalized spacial score (nSPS) is 11.3.